The molecule has 8 nitrogen and oxygen atoms in total. The van der Waals surface area contributed by atoms with Gasteiger partial charge >= 0.3 is 0 Å². The van der Waals surface area contributed by atoms with Gasteiger partial charge in [0, 0.05) is 31.7 Å². The summed E-state index contributed by atoms with van der Waals surface area (Å²) in [6.45, 7) is 3.55. The zero-order chi connectivity index (χ0) is 20.2. The molecular formula is C21H22N4O4. The summed E-state index contributed by atoms with van der Waals surface area (Å²) >= 11 is 0. The Bertz CT molecular complexity index is 1070. The summed E-state index contributed by atoms with van der Waals surface area (Å²) < 4.78 is 14.2. The van der Waals surface area contributed by atoms with Crippen LogP contribution < -0.4 is 20.3 Å². The van der Waals surface area contributed by atoms with Crippen molar-refractivity contribution in [2.45, 2.75) is 26.4 Å². The van der Waals surface area contributed by atoms with E-state index >= 15 is 0 Å². The summed E-state index contributed by atoms with van der Waals surface area (Å²) in [7, 11) is 0. The summed E-state index contributed by atoms with van der Waals surface area (Å²) in [4.78, 5) is 29.5. The molecule has 1 aliphatic rings. The summed E-state index contributed by atoms with van der Waals surface area (Å²) in [5, 5.41) is 2.85. The zero-order valence-corrected chi connectivity index (χ0v) is 16.1. The van der Waals surface area contributed by atoms with E-state index in [0.29, 0.717) is 30.2 Å². The monoisotopic (exact) mass is 394 g/mol. The number of aryl methyl sites for hydroxylation is 2. The van der Waals surface area contributed by atoms with E-state index in [1.54, 1.807) is 31.7 Å². The second-order valence-corrected chi connectivity index (χ2v) is 6.90. The Hall–Kier alpha value is -3.55. The number of benzene rings is 1. The van der Waals surface area contributed by atoms with Gasteiger partial charge in [0.2, 0.25) is 6.79 Å². The number of amides is 1. The van der Waals surface area contributed by atoms with Crippen LogP contribution in [0.5, 0.6) is 11.5 Å². The number of rotatable bonds is 7. The third-order valence-corrected chi connectivity index (χ3v) is 4.83. The number of pyridine rings is 1. The van der Waals surface area contributed by atoms with Crippen molar-refractivity contribution in [3.8, 4) is 11.5 Å². The highest BCUT2D eigenvalue weighted by molar-refractivity contribution is 5.95. The van der Waals surface area contributed by atoms with Gasteiger partial charge < -0.3 is 23.9 Å². The number of hydrogen-bond acceptors (Lipinski definition) is 5. The Morgan fingerprint density at radius 2 is 2.07 bits per heavy atom. The minimum absolute atomic E-state index is 0.177. The molecule has 4 rings (SSSR count). The lowest BCUT2D eigenvalue weighted by Crippen LogP contribution is -2.34. The number of hydrogen-bond donors (Lipinski definition) is 1. The van der Waals surface area contributed by atoms with Crippen molar-refractivity contribution in [1.82, 2.24) is 19.4 Å². The van der Waals surface area contributed by atoms with Crippen LogP contribution in [0.25, 0.3) is 0 Å². The van der Waals surface area contributed by atoms with Crippen molar-refractivity contribution in [3.63, 3.8) is 0 Å². The fourth-order valence-corrected chi connectivity index (χ4v) is 3.27. The van der Waals surface area contributed by atoms with Crippen LogP contribution in [0.2, 0.25) is 0 Å². The van der Waals surface area contributed by atoms with Gasteiger partial charge in [0.05, 0.1) is 12.9 Å². The second kappa shape index (κ2) is 8.22. The quantitative estimate of drug-likeness (QED) is 0.619. The lowest BCUT2D eigenvalue weighted by atomic mass is 10.1. The largest absolute Gasteiger partial charge is 0.454 e. The SMILES string of the molecule is Cc1ccn(Cc2ccc3c(c2)OCO3)c(=O)c1C(=O)NCCCn1ccnc1. The van der Waals surface area contributed by atoms with Gasteiger partial charge in [-0.25, -0.2) is 4.98 Å². The molecule has 3 heterocycles. The van der Waals surface area contributed by atoms with Crippen LogP contribution in [-0.2, 0) is 13.1 Å². The molecule has 0 fully saturated rings. The Balaban J connectivity index is 1.44. The van der Waals surface area contributed by atoms with Crippen LogP contribution in [0.3, 0.4) is 0 Å². The maximum Gasteiger partial charge on any atom is 0.263 e. The van der Waals surface area contributed by atoms with Crippen molar-refractivity contribution in [2.75, 3.05) is 13.3 Å². The summed E-state index contributed by atoms with van der Waals surface area (Å²) in [5.41, 5.74) is 1.42. The predicted octanol–water partition coefficient (Wildman–Crippen LogP) is 1.95. The highest BCUT2D eigenvalue weighted by atomic mass is 16.7. The van der Waals surface area contributed by atoms with Gasteiger partial charge in [0.1, 0.15) is 5.56 Å². The molecule has 150 valence electrons. The van der Waals surface area contributed by atoms with Crippen molar-refractivity contribution in [2.24, 2.45) is 0 Å². The number of carbonyl (C=O) groups excluding carboxylic acids is 1. The molecule has 0 radical (unpaired) electrons. The number of nitrogens with one attached hydrogen (secondary N) is 1. The third kappa shape index (κ3) is 4.16. The molecule has 29 heavy (non-hydrogen) atoms. The Kier molecular flexibility index (Phi) is 5.33. The Morgan fingerprint density at radius 3 is 2.90 bits per heavy atom. The standard InChI is InChI=1S/C21H22N4O4/c1-15-5-9-25(12-16-3-4-17-18(11-16)29-14-28-17)21(27)19(15)20(26)23-6-2-8-24-10-7-22-13-24/h3-5,7,9-11,13H,2,6,8,12,14H2,1H3,(H,23,26). The normalized spacial score (nSPS) is 12.2. The molecule has 1 N–H and O–H groups in total. The van der Waals surface area contributed by atoms with Crippen molar-refractivity contribution in [3.05, 3.63) is 76.2 Å². The molecular weight excluding hydrogens is 372 g/mol. The highest BCUT2D eigenvalue weighted by Gasteiger charge is 2.17. The zero-order valence-electron chi connectivity index (χ0n) is 16.1. The molecule has 0 saturated heterocycles. The summed E-state index contributed by atoms with van der Waals surface area (Å²) in [5.74, 6) is 1.01. The molecule has 0 atom stereocenters. The van der Waals surface area contributed by atoms with E-state index < -0.39 is 0 Å². The van der Waals surface area contributed by atoms with Gasteiger partial charge in [-0.2, -0.15) is 0 Å². The van der Waals surface area contributed by atoms with Gasteiger partial charge in [-0.15, -0.1) is 0 Å². The molecule has 1 amide bonds. The Morgan fingerprint density at radius 1 is 1.21 bits per heavy atom. The molecule has 0 saturated carbocycles. The van der Waals surface area contributed by atoms with E-state index in [0.717, 1.165) is 18.5 Å². The second-order valence-electron chi connectivity index (χ2n) is 6.90. The fourth-order valence-electron chi connectivity index (χ4n) is 3.27. The van der Waals surface area contributed by atoms with E-state index in [-0.39, 0.29) is 23.8 Å². The minimum Gasteiger partial charge on any atom is -0.454 e. The first-order chi connectivity index (χ1) is 14.1. The molecule has 1 aliphatic heterocycles. The van der Waals surface area contributed by atoms with Crippen LogP contribution in [-0.4, -0.2) is 33.4 Å². The van der Waals surface area contributed by atoms with Crippen LogP contribution in [0, 0.1) is 6.92 Å². The summed E-state index contributed by atoms with van der Waals surface area (Å²) in [6.07, 6.45) is 7.78. The molecule has 0 spiro atoms. The minimum atomic E-state index is -0.349. The number of nitrogens with zero attached hydrogens (tertiary/aromatic N) is 3. The van der Waals surface area contributed by atoms with Gasteiger partial charge in [0.15, 0.2) is 11.5 Å². The van der Waals surface area contributed by atoms with E-state index in [1.165, 1.54) is 4.57 Å². The van der Waals surface area contributed by atoms with Crippen LogP contribution in [0.15, 0.2) is 54.0 Å². The van der Waals surface area contributed by atoms with Crippen LogP contribution in [0.4, 0.5) is 0 Å². The first-order valence-electron chi connectivity index (χ1n) is 9.44. The van der Waals surface area contributed by atoms with Gasteiger partial charge in [0.25, 0.3) is 11.5 Å². The first-order valence-corrected chi connectivity index (χ1v) is 9.44. The molecule has 0 aliphatic carbocycles. The summed E-state index contributed by atoms with van der Waals surface area (Å²) in [6, 6.07) is 7.35. The molecule has 0 unspecified atom stereocenters. The Labute approximate surface area is 167 Å². The molecule has 0 bridgehead atoms. The predicted molar refractivity (Wildman–Crippen MR) is 106 cm³/mol. The topological polar surface area (TPSA) is 87.4 Å². The van der Waals surface area contributed by atoms with E-state index in [9.17, 15) is 9.59 Å². The molecule has 1 aromatic carbocycles. The lowest BCUT2D eigenvalue weighted by molar-refractivity contribution is 0.0950. The maximum absolute atomic E-state index is 12.9. The number of imidazole rings is 1. The smallest absolute Gasteiger partial charge is 0.263 e. The van der Waals surface area contributed by atoms with E-state index in [2.05, 4.69) is 10.3 Å². The number of fused-ring (bicyclic) bond motifs is 1. The maximum atomic E-state index is 12.9. The highest BCUT2D eigenvalue weighted by Crippen LogP contribution is 2.32. The van der Waals surface area contributed by atoms with Crippen molar-refractivity contribution >= 4 is 5.91 Å². The number of ether oxygens (including phenoxy) is 2. The fraction of sp³-hybridized carbons (Fsp3) is 0.286. The van der Waals surface area contributed by atoms with E-state index in [1.807, 2.05) is 29.0 Å². The molecule has 3 aromatic rings. The van der Waals surface area contributed by atoms with Crippen LogP contribution >= 0.6 is 0 Å². The number of aromatic nitrogens is 3. The van der Waals surface area contributed by atoms with Crippen molar-refractivity contribution in [1.29, 1.82) is 0 Å². The molecule has 2 aromatic heterocycles. The third-order valence-electron chi connectivity index (χ3n) is 4.83. The average molecular weight is 394 g/mol. The number of carbonyl (C=O) groups is 1. The first kappa shape index (κ1) is 18.8. The van der Waals surface area contributed by atoms with Gasteiger partial charge in [-0.3, -0.25) is 9.59 Å². The molecule has 8 heteroatoms. The van der Waals surface area contributed by atoms with Crippen LogP contribution in [0.1, 0.15) is 27.9 Å². The van der Waals surface area contributed by atoms with Gasteiger partial charge in [-0.1, -0.05) is 6.07 Å². The average Bonchev–Trinajstić information content (AvgIpc) is 3.39. The lowest BCUT2D eigenvalue weighted by Gasteiger charge is -2.12. The van der Waals surface area contributed by atoms with E-state index in [4.69, 9.17) is 9.47 Å². The van der Waals surface area contributed by atoms with Gasteiger partial charge in [-0.05, 0) is 42.7 Å². The van der Waals surface area contributed by atoms with Crippen molar-refractivity contribution < 1.29 is 14.3 Å².